The van der Waals surface area contributed by atoms with E-state index < -0.39 is 17.5 Å². The van der Waals surface area contributed by atoms with Gasteiger partial charge in [0.1, 0.15) is 17.3 Å². The summed E-state index contributed by atoms with van der Waals surface area (Å²) in [6, 6.07) is 12.8. The molecule has 0 unspecified atom stereocenters. The van der Waals surface area contributed by atoms with Gasteiger partial charge in [-0.25, -0.2) is 8.78 Å². The zero-order chi connectivity index (χ0) is 17.1. The number of aromatic nitrogens is 1. The van der Waals surface area contributed by atoms with Crippen LogP contribution in [0, 0.1) is 11.6 Å². The van der Waals surface area contributed by atoms with Gasteiger partial charge in [0.25, 0.3) is 5.91 Å². The molecule has 0 bridgehead atoms. The van der Waals surface area contributed by atoms with Crippen LogP contribution < -0.4 is 11.1 Å². The standard InChI is InChI=1S/C17H13F2N3O2/c18-13-8-14(19)16(7-12(13)17(20)23)21-9-11-6-15(22-24-11)10-4-2-1-3-5-10/h1-8,21H,9H2,(H2,20,23). The zero-order valence-corrected chi connectivity index (χ0v) is 12.4. The third-order valence-electron chi connectivity index (χ3n) is 3.40. The maximum absolute atomic E-state index is 13.8. The SMILES string of the molecule is NC(=O)c1cc(NCc2cc(-c3ccccc3)no2)c(F)cc1F. The molecule has 0 fully saturated rings. The van der Waals surface area contributed by atoms with Crippen LogP contribution in [0.1, 0.15) is 16.1 Å². The Labute approximate surface area is 136 Å². The highest BCUT2D eigenvalue weighted by Gasteiger charge is 2.14. The average Bonchev–Trinajstić information content (AvgIpc) is 3.03. The van der Waals surface area contributed by atoms with Gasteiger partial charge in [0.15, 0.2) is 5.76 Å². The van der Waals surface area contributed by atoms with Crippen molar-refractivity contribution in [2.75, 3.05) is 5.32 Å². The number of amides is 1. The maximum atomic E-state index is 13.8. The highest BCUT2D eigenvalue weighted by atomic mass is 19.1. The molecule has 1 aromatic heterocycles. The topological polar surface area (TPSA) is 81.2 Å². The Morgan fingerprint density at radius 3 is 2.58 bits per heavy atom. The van der Waals surface area contributed by atoms with Crippen LogP contribution in [0.5, 0.6) is 0 Å². The van der Waals surface area contributed by atoms with Crippen molar-refractivity contribution in [3.63, 3.8) is 0 Å². The predicted octanol–water partition coefficient (Wildman–Crippen LogP) is 3.33. The van der Waals surface area contributed by atoms with Crippen LogP contribution in [0.25, 0.3) is 11.3 Å². The van der Waals surface area contributed by atoms with E-state index in [9.17, 15) is 13.6 Å². The average molecular weight is 329 g/mol. The number of hydrogen-bond acceptors (Lipinski definition) is 4. The minimum atomic E-state index is -1.00. The second-order valence-corrected chi connectivity index (χ2v) is 5.07. The number of carbonyl (C=O) groups is 1. The minimum absolute atomic E-state index is 0.0529. The number of rotatable bonds is 5. The molecule has 0 saturated carbocycles. The van der Waals surface area contributed by atoms with Gasteiger partial charge in [0.2, 0.25) is 0 Å². The van der Waals surface area contributed by atoms with Crippen LogP contribution in [-0.4, -0.2) is 11.1 Å². The molecule has 24 heavy (non-hydrogen) atoms. The first-order valence-corrected chi connectivity index (χ1v) is 7.08. The third-order valence-corrected chi connectivity index (χ3v) is 3.40. The highest BCUT2D eigenvalue weighted by molar-refractivity contribution is 5.94. The van der Waals surface area contributed by atoms with Crippen LogP contribution >= 0.6 is 0 Å². The van der Waals surface area contributed by atoms with Crippen LogP contribution in [0.15, 0.2) is 53.1 Å². The van der Waals surface area contributed by atoms with Gasteiger partial charge in [0, 0.05) is 17.7 Å². The van der Waals surface area contributed by atoms with E-state index >= 15 is 0 Å². The normalized spacial score (nSPS) is 10.6. The van der Waals surface area contributed by atoms with E-state index in [0.29, 0.717) is 17.5 Å². The molecule has 2 aromatic carbocycles. The fourth-order valence-electron chi connectivity index (χ4n) is 2.20. The van der Waals surface area contributed by atoms with Gasteiger partial charge >= 0.3 is 0 Å². The van der Waals surface area contributed by atoms with Crippen LogP contribution in [0.3, 0.4) is 0 Å². The summed E-state index contributed by atoms with van der Waals surface area (Å²) >= 11 is 0. The lowest BCUT2D eigenvalue weighted by molar-refractivity contribution is 0.0996. The summed E-state index contributed by atoms with van der Waals surface area (Å²) in [6.07, 6.45) is 0. The van der Waals surface area contributed by atoms with E-state index in [4.69, 9.17) is 10.3 Å². The number of anilines is 1. The number of nitrogens with zero attached hydrogens (tertiary/aromatic N) is 1. The summed E-state index contributed by atoms with van der Waals surface area (Å²) in [4.78, 5) is 11.1. The summed E-state index contributed by atoms with van der Waals surface area (Å²) < 4.78 is 32.4. The first-order valence-electron chi connectivity index (χ1n) is 7.08. The summed E-state index contributed by atoms with van der Waals surface area (Å²) in [5, 5.41) is 6.67. The number of hydrogen-bond donors (Lipinski definition) is 2. The molecule has 0 atom stereocenters. The lowest BCUT2D eigenvalue weighted by Gasteiger charge is -2.07. The van der Waals surface area contributed by atoms with Crippen molar-refractivity contribution < 1.29 is 18.1 Å². The van der Waals surface area contributed by atoms with Crippen LogP contribution in [-0.2, 0) is 6.54 Å². The lowest BCUT2D eigenvalue weighted by atomic mass is 10.1. The molecule has 122 valence electrons. The summed E-state index contributed by atoms with van der Waals surface area (Å²) in [7, 11) is 0. The van der Waals surface area contributed by atoms with Gasteiger partial charge < -0.3 is 15.6 Å². The number of carbonyl (C=O) groups excluding carboxylic acids is 1. The van der Waals surface area contributed by atoms with Gasteiger partial charge in [-0.05, 0) is 6.07 Å². The molecule has 3 rings (SSSR count). The zero-order valence-electron chi connectivity index (χ0n) is 12.4. The van der Waals surface area contributed by atoms with Gasteiger partial charge in [-0.2, -0.15) is 0 Å². The Morgan fingerprint density at radius 2 is 1.88 bits per heavy atom. The molecular weight excluding hydrogens is 316 g/mol. The smallest absolute Gasteiger partial charge is 0.251 e. The Balaban J connectivity index is 1.76. The van der Waals surface area contributed by atoms with E-state index in [1.54, 1.807) is 6.07 Å². The molecule has 0 aliphatic rings. The summed E-state index contributed by atoms with van der Waals surface area (Å²) in [6.45, 7) is 0.112. The maximum Gasteiger partial charge on any atom is 0.251 e. The number of benzene rings is 2. The minimum Gasteiger partial charge on any atom is -0.375 e. The molecule has 0 saturated heterocycles. The molecule has 1 heterocycles. The molecule has 0 aliphatic carbocycles. The fraction of sp³-hybridized carbons (Fsp3) is 0.0588. The Morgan fingerprint density at radius 1 is 1.12 bits per heavy atom. The number of nitrogens with one attached hydrogen (secondary N) is 1. The molecule has 1 amide bonds. The first kappa shape index (κ1) is 15.7. The third kappa shape index (κ3) is 3.24. The van der Waals surface area contributed by atoms with E-state index in [1.165, 1.54) is 0 Å². The first-order chi connectivity index (χ1) is 11.5. The number of nitrogens with two attached hydrogens (primary N) is 1. The van der Waals surface area contributed by atoms with Crippen molar-refractivity contribution in [1.29, 1.82) is 0 Å². The van der Waals surface area contributed by atoms with Crippen molar-refractivity contribution in [2.45, 2.75) is 6.54 Å². The van der Waals surface area contributed by atoms with Gasteiger partial charge in [0.05, 0.1) is 17.8 Å². The Kier molecular flexibility index (Phi) is 4.24. The lowest BCUT2D eigenvalue weighted by Crippen LogP contribution is -2.14. The molecule has 5 nitrogen and oxygen atoms in total. The molecule has 0 aliphatic heterocycles. The van der Waals surface area contributed by atoms with Gasteiger partial charge in [-0.15, -0.1) is 0 Å². The predicted molar refractivity (Wildman–Crippen MR) is 84.1 cm³/mol. The second-order valence-electron chi connectivity index (χ2n) is 5.07. The van der Waals surface area contributed by atoms with E-state index in [0.717, 1.165) is 11.6 Å². The quantitative estimate of drug-likeness (QED) is 0.752. The van der Waals surface area contributed by atoms with E-state index in [2.05, 4.69) is 10.5 Å². The second kappa shape index (κ2) is 6.49. The number of primary amides is 1. The molecule has 7 heteroatoms. The molecule has 3 N–H and O–H groups in total. The highest BCUT2D eigenvalue weighted by Crippen LogP contribution is 2.22. The van der Waals surface area contributed by atoms with Crippen molar-refractivity contribution >= 4 is 11.6 Å². The van der Waals surface area contributed by atoms with E-state index in [1.807, 2.05) is 30.3 Å². The molecular formula is C17H13F2N3O2. The summed E-state index contributed by atoms with van der Waals surface area (Å²) in [5.74, 6) is -2.35. The Hall–Kier alpha value is -3.22. The van der Waals surface area contributed by atoms with Crippen molar-refractivity contribution in [3.05, 3.63) is 71.5 Å². The molecule has 0 radical (unpaired) electrons. The number of halogens is 2. The molecule has 0 spiro atoms. The van der Waals surface area contributed by atoms with Crippen LogP contribution in [0.2, 0.25) is 0 Å². The van der Waals surface area contributed by atoms with Crippen molar-refractivity contribution in [3.8, 4) is 11.3 Å². The fourth-order valence-corrected chi connectivity index (χ4v) is 2.20. The van der Waals surface area contributed by atoms with Crippen LogP contribution in [0.4, 0.5) is 14.5 Å². The van der Waals surface area contributed by atoms with E-state index in [-0.39, 0.29) is 17.8 Å². The van der Waals surface area contributed by atoms with Gasteiger partial charge in [-0.3, -0.25) is 4.79 Å². The van der Waals surface area contributed by atoms with Crippen molar-refractivity contribution in [1.82, 2.24) is 5.16 Å². The van der Waals surface area contributed by atoms with Crippen molar-refractivity contribution in [2.24, 2.45) is 5.73 Å². The monoisotopic (exact) mass is 329 g/mol. The molecule has 3 aromatic rings. The Bertz CT molecular complexity index is 879. The van der Waals surface area contributed by atoms with Gasteiger partial charge in [-0.1, -0.05) is 35.5 Å². The largest absolute Gasteiger partial charge is 0.375 e. The summed E-state index contributed by atoms with van der Waals surface area (Å²) in [5.41, 5.74) is 6.14.